The number of hydrogen-bond donors (Lipinski definition) is 2. The molecule has 0 aliphatic carbocycles. The van der Waals surface area contributed by atoms with Crippen LogP contribution in [0.4, 0.5) is 0 Å². The van der Waals surface area contributed by atoms with Crippen molar-refractivity contribution in [1.29, 1.82) is 0 Å². The van der Waals surface area contributed by atoms with Gasteiger partial charge in [-0.1, -0.05) is 51.6 Å². The fourth-order valence-electron chi connectivity index (χ4n) is 2.69. The van der Waals surface area contributed by atoms with Gasteiger partial charge in [-0.3, -0.25) is 9.59 Å². The summed E-state index contributed by atoms with van der Waals surface area (Å²) in [5.41, 5.74) is -0.388. The van der Waals surface area contributed by atoms with E-state index >= 15 is 0 Å². The largest absolute Gasteiger partial charge is 0.454 e. The van der Waals surface area contributed by atoms with Crippen molar-refractivity contribution in [3.05, 3.63) is 34.9 Å². The van der Waals surface area contributed by atoms with E-state index in [1.807, 2.05) is 27.7 Å². The Balaban J connectivity index is 2.77. The molecular weight excluding hydrogens is 392 g/mol. The van der Waals surface area contributed by atoms with Gasteiger partial charge in [-0.05, 0) is 43.0 Å². The Kier molecular flexibility index (Phi) is 9.70. The van der Waals surface area contributed by atoms with E-state index in [2.05, 4.69) is 16.6 Å². The second kappa shape index (κ2) is 11.5. The van der Waals surface area contributed by atoms with E-state index in [4.69, 9.17) is 22.8 Å². The van der Waals surface area contributed by atoms with Crippen molar-refractivity contribution in [2.75, 3.05) is 6.61 Å². The normalized spacial score (nSPS) is 13.0. The highest BCUT2D eigenvalue weighted by Gasteiger charge is 2.30. The molecule has 0 radical (unpaired) electrons. The summed E-state index contributed by atoms with van der Waals surface area (Å²) in [6.07, 6.45) is 7.29. The van der Waals surface area contributed by atoms with Gasteiger partial charge >= 0.3 is 5.97 Å². The molecule has 0 unspecified atom stereocenters. The van der Waals surface area contributed by atoms with Crippen molar-refractivity contribution in [3.8, 4) is 12.3 Å². The van der Waals surface area contributed by atoms with E-state index in [9.17, 15) is 14.4 Å². The third-order valence-corrected chi connectivity index (χ3v) is 5.32. The van der Waals surface area contributed by atoms with Crippen molar-refractivity contribution in [1.82, 2.24) is 10.6 Å². The quantitative estimate of drug-likeness (QED) is 0.449. The van der Waals surface area contributed by atoms with Gasteiger partial charge in [0.05, 0.1) is 0 Å². The molecule has 158 valence electrons. The molecule has 29 heavy (non-hydrogen) atoms. The fourth-order valence-corrected chi connectivity index (χ4v) is 2.82. The summed E-state index contributed by atoms with van der Waals surface area (Å²) in [4.78, 5) is 37.2. The Bertz CT molecular complexity index is 751. The summed E-state index contributed by atoms with van der Waals surface area (Å²) >= 11 is 5.84. The van der Waals surface area contributed by atoms with Crippen LogP contribution in [0.15, 0.2) is 24.3 Å². The second-order valence-corrected chi connectivity index (χ2v) is 7.37. The van der Waals surface area contributed by atoms with Crippen LogP contribution < -0.4 is 10.6 Å². The van der Waals surface area contributed by atoms with Gasteiger partial charge in [0.1, 0.15) is 11.6 Å². The van der Waals surface area contributed by atoms with Gasteiger partial charge in [0.25, 0.3) is 11.8 Å². The fraction of sp³-hybridized carbons (Fsp3) is 0.500. The van der Waals surface area contributed by atoms with Gasteiger partial charge in [-0.25, -0.2) is 4.79 Å². The molecule has 0 aliphatic heterocycles. The lowest BCUT2D eigenvalue weighted by molar-refractivity contribution is -0.152. The number of ether oxygens (including phenoxy) is 1. The number of carbonyl (C=O) groups excluding carboxylic acids is 3. The van der Waals surface area contributed by atoms with E-state index in [1.54, 1.807) is 24.3 Å². The second-order valence-electron chi connectivity index (χ2n) is 6.93. The molecule has 0 heterocycles. The third kappa shape index (κ3) is 7.10. The summed E-state index contributed by atoms with van der Waals surface area (Å²) in [5, 5.41) is 5.93. The van der Waals surface area contributed by atoms with Crippen molar-refractivity contribution < 1.29 is 19.1 Å². The van der Waals surface area contributed by atoms with Crippen molar-refractivity contribution in [2.24, 2.45) is 5.92 Å². The minimum Gasteiger partial charge on any atom is -0.454 e. The first-order valence-corrected chi connectivity index (χ1v) is 10.1. The molecule has 7 heteroatoms. The SMILES string of the molecule is C#CC(CC)(CC)NC(=O)COC(=O)[C@H](NC(=O)c1ccc(Cl)cc1)[C@H](C)CC. The maximum Gasteiger partial charge on any atom is 0.329 e. The molecule has 2 atom stereocenters. The van der Waals surface area contributed by atoms with E-state index < -0.39 is 36.0 Å². The number of benzene rings is 1. The Morgan fingerprint density at radius 1 is 1.17 bits per heavy atom. The number of halogens is 1. The van der Waals surface area contributed by atoms with Crippen LogP contribution in [0.3, 0.4) is 0 Å². The lowest BCUT2D eigenvalue weighted by Crippen LogP contribution is -2.49. The number of nitrogens with one attached hydrogen (secondary N) is 2. The Morgan fingerprint density at radius 3 is 2.24 bits per heavy atom. The minimum absolute atomic E-state index is 0.183. The zero-order valence-electron chi connectivity index (χ0n) is 17.4. The monoisotopic (exact) mass is 420 g/mol. The predicted octanol–water partition coefficient (Wildman–Crippen LogP) is 3.34. The maximum atomic E-state index is 12.6. The summed E-state index contributed by atoms with van der Waals surface area (Å²) in [5.74, 6) is 0.841. The molecule has 2 N–H and O–H groups in total. The van der Waals surface area contributed by atoms with E-state index in [1.165, 1.54) is 0 Å². The first-order valence-electron chi connectivity index (χ1n) is 9.73. The molecule has 6 nitrogen and oxygen atoms in total. The van der Waals surface area contributed by atoms with Crippen molar-refractivity contribution in [2.45, 2.75) is 58.5 Å². The summed E-state index contributed by atoms with van der Waals surface area (Å²) < 4.78 is 5.17. The van der Waals surface area contributed by atoms with Crippen LogP contribution in [0, 0.1) is 18.3 Å². The van der Waals surface area contributed by atoms with Crippen LogP contribution in [0.5, 0.6) is 0 Å². The zero-order valence-corrected chi connectivity index (χ0v) is 18.1. The molecule has 1 aromatic rings. The lowest BCUT2D eigenvalue weighted by atomic mass is 9.94. The predicted molar refractivity (Wildman–Crippen MR) is 113 cm³/mol. The molecule has 0 aromatic heterocycles. The van der Waals surface area contributed by atoms with Gasteiger partial charge in [0, 0.05) is 10.6 Å². The number of esters is 1. The topological polar surface area (TPSA) is 84.5 Å². The molecule has 1 aromatic carbocycles. The Labute approximate surface area is 177 Å². The number of amides is 2. The average molecular weight is 421 g/mol. The van der Waals surface area contributed by atoms with Crippen LogP contribution in [0.25, 0.3) is 0 Å². The molecule has 0 spiro atoms. The average Bonchev–Trinajstić information content (AvgIpc) is 2.74. The van der Waals surface area contributed by atoms with E-state index in [0.717, 1.165) is 0 Å². The zero-order chi connectivity index (χ0) is 22.0. The van der Waals surface area contributed by atoms with Crippen LogP contribution in [-0.2, 0) is 14.3 Å². The van der Waals surface area contributed by atoms with Gasteiger partial charge in [-0.15, -0.1) is 6.42 Å². The first-order chi connectivity index (χ1) is 13.7. The van der Waals surface area contributed by atoms with Gasteiger partial charge in [0.2, 0.25) is 0 Å². The smallest absolute Gasteiger partial charge is 0.329 e. The van der Waals surface area contributed by atoms with Crippen LogP contribution in [0.2, 0.25) is 5.02 Å². The summed E-state index contributed by atoms with van der Waals surface area (Å²) in [7, 11) is 0. The summed E-state index contributed by atoms with van der Waals surface area (Å²) in [6.45, 7) is 7.01. The maximum absolute atomic E-state index is 12.6. The highest BCUT2D eigenvalue weighted by molar-refractivity contribution is 6.30. The van der Waals surface area contributed by atoms with Gasteiger partial charge in [0.15, 0.2) is 6.61 Å². The van der Waals surface area contributed by atoms with Crippen molar-refractivity contribution in [3.63, 3.8) is 0 Å². The highest BCUT2D eigenvalue weighted by atomic mass is 35.5. The minimum atomic E-state index is -0.884. The standard InChI is InChI=1S/C22H29ClN2O4/c1-6-15(5)19(24-20(27)16-10-12-17(23)13-11-16)21(28)29-14-18(26)25-22(7-2,8-3)9-4/h2,10-13,15,19H,6,8-9,14H2,1,3-5H3,(H,24,27)(H,25,26)/t15-,19-/m1/s1. The van der Waals surface area contributed by atoms with Crippen LogP contribution in [-0.4, -0.2) is 36.0 Å². The van der Waals surface area contributed by atoms with Crippen LogP contribution >= 0.6 is 11.6 Å². The van der Waals surface area contributed by atoms with Gasteiger partial charge < -0.3 is 15.4 Å². The third-order valence-electron chi connectivity index (χ3n) is 5.07. The summed E-state index contributed by atoms with van der Waals surface area (Å²) in [6, 6.07) is 5.44. The van der Waals surface area contributed by atoms with Crippen LogP contribution in [0.1, 0.15) is 57.3 Å². The number of terminal acetylenes is 1. The van der Waals surface area contributed by atoms with E-state index in [0.29, 0.717) is 29.8 Å². The van der Waals surface area contributed by atoms with Gasteiger partial charge in [-0.2, -0.15) is 0 Å². The number of carbonyl (C=O) groups is 3. The Morgan fingerprint density at radius 2 is 1.76 bits per heavy atom. The highest BCUT2D eigenvalue weighted by Crippen LogP contribution is 2.15. The molecule has 0 fully saturated rings. The molecule has 0 saturated heterocycles. The molecular formula is C22H29ClN2O4. The molecule has 1 rings (SSSR count). The Hall–Kier alpha value is -2.52. The lowest BCUT2D eigenvalue weighted by Gasteiger charge is -2.27. The van der Waals surface area contributed by atoms with E-state index in [-0.39, 0.29) is 5.92 Å². The number of rotatable bonds is 10. The molecule has 2 amide bonds. The van der Waals surface area contributed by atoms with Crippen molar-refractivity contribution >= 4 is 29.4 Å². The molecule has 0 bridgehead atoms. The first kappa shape index (κ1) is 24.5. The molecule has 0 aliphatic rings. The number of hydrogen-bond acceptors (Lipinski definition) is 4. The molecule has 0 saturated carbocycles.